The average Bonchev–Trinajstić information content (AvgIpc) is 1.53. The number of hydrogen-bond acceptors (Lipinski definition) is 8. The van der Waals surface area contributed by atoms with Gasteiger partial charge in [-0.1, -0.05) is 329 Å². The van der Waals surface area contributed by atoms with Crippen LogP contribution in [0.1, 0.15) is 25.0 Å². The third-order valence-electron chi connectivity index (χ3n) is 25.1. The summed E-state index contributed by atoms with van der Waals surface area (Å²) in [5.74, 6) is 1.38. The van der Waals surface area contributed by atoms with Crippen molar-refractivity contribution in [1.82, 2.24) is 34.5 Å². The van der Waals surface area contributed by atoms with E-state index in [2.05, 4.69) is 388 Å². The van der Waals surface area contributed by atoms with E-state index in [-0.39, 0.29) is 5.41 Å². The molecule has 0 bridgehead atoms. The van der Waals surface area contributed by atoms with Crippen molar-refractivity contribution >= 4 is 109 Å². The standard InChI is InChI=1S/C59H36N4O.C56H37N3O/c1-4-15-38(16-5-1)49-36-50(61-59(60-49)41-31-33-52-48(35-41)44-21-10-12-25-51(44)63(52)42-19-8-3-9-20-42)39-29-27-37(28-30-39)43-23-14-24-46-55-47(57(62-58(43)46)40-17-6-2-7-18-40)32-34-54-56(55)45-22-11-13-26-53(45)64-54;1-56(2)45-22-11-9-18-40(45)44-32-38(28-30-46(44)56)55-57-47(35-14-5-3-6-15-35)33-48(58-55)36-26-24-34(25-27-36)39-20-13-21-42-51-43(53(59-54(39)42)37-16-7-4-8-17-37)29-31-50-52(51)41-19-10-12-23-49(41)60-50/h1-36H;3-33H,1-2H3. The Hall–Kier alpha value is -16.4. The third kappa shape index (κ3) is 11.9. The first kappa shape index (κ1) is 71.7. The Bertz CT molecular complexity index is 8410. The summed E-state index contributed by atoms with van der Waals surface area (Å²) in [6.45, 7) is 4.62. The molecule has 0 atom stereocenters. The molecule has 0 N–H and O–H groups in total. The minimum atomic E-state index is -0.0697. The molecule has 0 spiro atoms. The van der Waals surface area contributed by atoms with E-state index in [1.807, 2.05) is 36.4 Å². The Balaban J connectivity index is 0.000000140. The fourth-order valence-electron chi connectivity index (χ4n) is 19.2. The van der Waals surface area contributed by atoms with Crippen LogP contribution in [0, 0.1) is 0 Å². The first-order valence-electron chi connectivity index (χ1n) is 42.1. The van der Waals surface area contributed by atoms with Crippen molar-refractivity contribution in [2.24, 2.45) is 0 Å². The molecule has 0 amide bonds. The van der Waals surface area contributed by atoms with E-state index in [4.69, 9.17) is 38.7 Å². The highest BCUT2D eigenvalue weighted by Crippen LogP contribution is 2.51. The van der Waals surface area contributed by atoms with Crippen LogP contribution in [0.3, 0.4) is 0 Å². The average molecular weight is 1580 g/mol. The normalized spacial score (nSPS) is 12.3. The van der Waals surface area contributed by atoms with Gasteiger partial charge < -0.3 is 13.4 Å². The van der Waals surface area contributed by atoms with Crippen molar-refractivity contribution in [3.05, 3.63) is 418 Å². The SMILES string of the molecule is CC1(C)c2ccccc2-c2cc(-c3nc(-c4ccccc4)cc(-c4ccc(-c5cccc6c5nc(-c5ccccc5)c5ccc7oc8ccccc8c7c56)cc4)n3)ccc21.c1ccc(-c2cc(-c3ccc(-c4cccc5c4nc(-c4ccccc4)c4ccc6oc7ccccc7c6c45)cc3)nc(-c3ccc4c(c3)c3ccccc3n4-c3ccccc3)n2)cc1. The molecule has 24 aromatic rings. The van der Waals surface area contributed by atoms with Crippen LogP contribution in [0.2, 0.25) is 0 Å². The molecule has 0 saturated heterocycles. The molecule has 7 heterocycles. The minimum absolute atomic E-state index is 0.0697. The highest BCUT2D eigenvalue weighted by atomic mass is 16.3. The molecule has 17 aromatic carbocycles. The Morgan fingerprint density at radius 1 is 0.218 bits per heavy atom. The zero-order valence-electron chi connectivity index (χ0n) is 67.6. The smallest absolute Gasteiger partial charge is 0.160 e. The zero-order chi connectivity index (χ0) is 82.1. The molecule has 1 aliphatic carbocycles. The molecule has 7 aromatic heterocycles. The van der Waals surface area contributed by atoms with Crippen LogP contribution in [0.4, 0.5) is 0 Å². The van der Waals surface area contributed by atoms with Gasteiger partial charge >= 0.3 is 0 Å². The number of rotatable bonds is 11. The summed E-state index contributed by atoms with van der Waals surface area (Å²) in [7, 11) is 0. The van der Waals surface area contributed by atoms with Gasteiger partial charge in [0.2, 0.25) is 0 Å². The first-order valence-corrected chi connectivity index (χ1v) is 42.1. The Morgan fingerprint density at radius 2 is 0.589 bits per heavy atom. The second kappa shape index (κ2) is 29.0. The lowest BCUT2D eigenvalue weighted by molar-refractivity contribution is 0.660. The summed E-state index contributed by atoms with van der Waals surface area (Å²) < 4.78 is 15.2. The summed E-state index contributed by atoms with van der Waals surface area (Å²) in [5.41, 5.74) is 31.8. The maximum Gasteiger partial charge on any atom is 0.160 e. The van der Waals surface area contributed by atoms with Crippen LogP contribution in [-0.2, 0) is 5.41 Å². The second-order valence-corrected chi connectivity index (χ2v) is 32.6. The molecule has 0 saturated carbocycles. The quantitative estimate of drug-likeness (QED) is 0.118. The van der Waals surface area contributed by atoms with Crippen LogP contribution in [-0.4, -0.2) is 34.5 Å². The van der Waals surface area contributed by atoms with Gasteiger partial charge in [-0.15, -0.1) is 0 Å². The van der Waals surface area contributed by atoms with E-state index in [9.17, 15) is 0 Å². The number of nitrogens with zero attached hydrogens (tertiary/aromatic N) is 7. The fourth-order valence-corrected chi connectivity index (χ4v) is 19.2. The summed E-state index contributed by atoms with van der Waals surface area (Å²) in [4.78, 5) is 31.9. The number of hydrogen-bond donors (Lipinski definition) is 0. The first-order chi connectivity index (χ1) is 61.2. The lowest BCUT2D eigenvalue weighted by atomic mass is 9.82. The van der Waals surface area contributed by atoms with Gasteiger partial charge in [-0.05, 0) is 124 Å². The Labute approximate surface area is 713 Å². The van der Waals surface area contributed by atoms with Gasteiger partial charge in [0, 0.05) is 131 Å². The predicted molar refractivity (Wildman–Crippen MR) is 510 cm³/mol. The van der Waals surface area contributed by atoms with Crippen LogP contribution >= 0.6 is 0 Å². The van der Waals surface area contributed by atoms with E-state index in [1.165, 1.54) is 27.6 Å². The molecule has 9 nitrogen and oxygen atoms in total. The van der Waals surface area contributed by atoms with Gasteiger partial charge in [-0.2, -0.15) is 0 Å². The summed E-state index contributed by atoms with van der Waals surface area (Å²) in [6.07, 6.45) is 0. The van der Waals surface area contributed by atoms with Gasteiger partial charge in [0.1, 0.15) is 22.3 Å². The molecule has 124 heavy (non-hydrogen) atoms. The van der Waals surface area contributed by atoms with E-state index in [1.54, 1.807) is 0 Å². The van der Waals surface area contributed by atoms with Gasteiger partial charge in [0.15, 0.2) is 11.6 Å². The number of pyridine rings is 2. The van der Waals surface area contributed by atoms with Gasteiger partial charge in [0.05, 0.1) is 56.2 Å². The van der Waals surface area contributed by atoms with Gasteiger partial charge in [-0.25, -0.2) is 29.9 Å². The Kier molecular flexibility index (Phi) is 16.8. The summed E-state index contributed by atoms with van der Waals surface area (Å²) in [6, 6.07) is 143. The zero-order valence-corrected chi connectivity index (χ0v) is 67.6. The topological polar surface area (TPSA) is 109 Å². The monoisotopic (exact) mass is 1580 g/mol. The highest BCUT2D eigenvalue weighted by Gasteiger charge is 2.36. The van der Waals surface area contributed by atoms with Crippen LogP contribution < -0.4 is 0 Å². The number of furan rings is 2. The maximum absolute atomic E-state index is 6.42. The van der Waals surface area contributed by atoms with Crippen LogP contribution in [0.25, 0.3) is 238 Å². The molecule has 0 radical (unpaired) electrons. The predicted octanol–water partition coefficient (Wildman–Crippen LogP) is 30.2. The molecule has 25 rings (SSSR count). The van der Waals surface area contributed by atoms with Crippen LogP contribution in [0.15, 0.2) is 415 Å². The van der Waals surface area contributed by atoms with Crippen molar-refractivity contribution in [3.8, 4) is 129 Å². The largest absolute Gasteiger partial charge is 0.456 e. The van der Waals surface area contributed by atoms with Crippen molar-refractivity contribution in [2.75, 3.05) is 0 Å². The molecule has 0 fully saturated rings. The molecule has 0 aliphatic heterocycles. The molecule has 1 aliphatic rings. The van der Waals surface area contributed by atoms with Crippen LogP contribution in [0.5, 0.6) is 0 Å². The van der Waals surface area contributed by atoms with E-state index in [0.29, 0.717) is 11.6 Å². The number of aromatic nitrogens is 7. The van der Waals surface area contributed by atoms with E-state index >= 15 is 0 Å². The number of benzene rings is 17. The third-order valence-corrected chi connectivity index (χ3v) is 25.1. The van der Waals surface area contributed by atoms with Crippen molar-refractivity contribution in [1.29, 1.82) is 0 Å². The van der Waals surface area contributed by atoms with E-state index < -0.39 is 0 Å². The molecule has 580 valence electrons. The van der Waals surface area contributed by atoms with Crippen molar-refractivity contribution < 1.29 is 8.83 Å². The summed E-state index contributed by atoms with van der Waals surface area (Å²) in [5, 5.41) is 13.5. The van der Waals surface area contributed by atoms with Crippen molar-refractivity contribution in [2.45, 2.75) is 19.3 Å². The minimum Gasteiger partial charge on any atom is -0.456 e. The van der Waals surface area contributed by atoms with Gasteiger partial charge in [-0.3, -0.25) is 0 Å². The van der Waals surface area contributed by atoms with E-state index in [0.717, 1.165) is 210 Å². The van der Waals surface area contributed by atoms with Gasteiger partial charge in [0.25, 0.3) is 0 Å². The lowest BCUT2D eigenvalue weighted by Crippen LogP contribution is -2.14. The molecule has 0 unspecified atom stereocenters. The number of para-hydroxylation sites is 6. The highest BCUT2D eigenvalue weighted by molar-refractivity contribution is 6.31. The molecular formula is C115H73N7O2. The number of fused-ring (bicyclic) bond motifs is 20. The fraction of sp³-hybridized carbons (Fsp3) is 0.0261. The molecular weight excluding hydrogens is 1510 g/mol. The summed E-state index contributed by atoms with van der Waals surface area (Å²) >= 11 is 0. The Morgan fingerprint density at radius 3 is 1.10 bits per heavy atom. The maximum atomic E-state index is 6.42. The lowest BCUT2D eigenvalue weighted by Gasteiger charge is -2.21. The second-order valence-electron chi connectivity index (χ2n) is 32.6. The molecule has 9 heteroatoms. The van der Waals surface area contributed by atoms with Crippen molar-refractivity contribution in [3.63, 3.8) is 0 Å².